The number of phenolic OH excluding ortho intramolecular Hbond substituents is 1. The number of rotatable bonds is 2. The van der Waals surface area contributed by atoms with Gasteiger partial charge >= 0.3 is 6.03 Å². The van der Waals surface area contributed by atoms with Gasteiger partial charge in [0.1, 0.15) is 5.75 Å². The quantitative estimate of drug-likeness (QED) is 0.729. The van der Waals surface area contributed by atoms with Gasteiger partial charge in [-0.2, -0.15) is 0 Å². The zero-order chi connectivity index (χ0) is 13.8. The number of phenols is 1. The number of amides is 2. The summed E-state index contributed by atoms with van der Waals surface area (Å²) in [5, 5.41) is 14.8. The topological polar surface area (TPSA) is 61.4 Å². The summed E-state index contributed by atoms with van der Waals surface area (Å²) in [6.07, 6.45) is 0. The van der Waals surface area contributed by atoms with Gasteiger partial charge in [0.2, 0.25) is 0 Å². The van der Waals surface area contributed by atoms with Gasteiger partial charge in [-0.3, -0.25) is 0 Å². The number of urea groups is 1. The summed E-state index contributed by atoms with van der Waals surface area (Å²) in [7, 11) is 0. The van der Waals surface area contributed by atoms with E-state index in [9.17, 15) is 9.90 Å². The van der Waals surface area contributed by atoms with Gasteiger partial charge in [0.25, 0.3) is 0 Å². The Morgan fingerprint density at radius 2 is 1.79 bits per heavy atom. The average Bonchev–Trinajstić information content (AvgIpc) is 2.36. The van der Waals surface area contributed by atoms with Crippen molar-refractivity contribution < 1.29 is 9.90 Å². The summed E-state index contributed by atoms with van der Waals surface area (Å²) in [5.41, 5.74) is 2.14. The molecule has 0 aliphatic carbocycles. The summed E-state index contributed by atoms with van der Waals surface area (Å²) < 4.78 is 0.813. The van der Waals surface area contributed by atoms with Crippen molar-refractivity contribution in [2.75, 3.05) is 10.6 Å². The highest BCUT2D eigenvalue weighted by molar-refractivity contribution is 9.10. The summed E-state index contributed by atoms with van der Waals surface area (Å²) >= 11 is 3.36. The normalized spacial score (nSPS) is 10.0. The van der Waals surface area contributed by atoms with Crippen molar-refractivity contribution in [2.24, 2.45) is 0 Å². The van der Waals surface area contributed by atoms with Crippen LogP contribution in [0.3, 0.4) is 0 Å². The van der Waals surface area contributed by atoms with Crippen LogP contribution in [-0.4, -0.2) is 11.1 Å². The molecule has 2 aromatic carbocycles. The van der Waals surface area contributed by atoms with E-state index in [4.69, 9.17) is 0 Å². The maximum absolute atomic E-state index is 11.9. The van der Waals surface area contributed by atoms with E-state index in [1.807, 2.05) is 25.1 Å². The molecule has 0 aliphatic heterocycles. The number of carbonyl (C=O) groups is 1. The number of halogens is 1. The van der Waals surface area contributed by atoms with Gasteiger partial charge in [-0.1, -0.05) is 12.1 Å². The van der Waals surface area contributed by atoms with Crippen LogP contribution in [0.5, 0.6) is 5.75 Å². The lowest BCUT2D eigenvalue weighted by Gasteiger charge is -2.11. The molecule has 2 aromatic rings. The van der Waals surface area contributed by atoms with Crippen LogP contribution < -0.4 is 10.6 Å². The van der Waals surface area contributed by atoms with Gasteiger partial charge in [0.05, 0.1) is 5.69 Å². The molecule has 0 heterocycles. The standard InChI is InChI=1S/C14H13BrN2O2/c1-9-8-10(18)6-7-12(9)16-14(19)17-13-5-3-2-4-11(13)15/h2-8,18H,1H3,(H2,16,17,19). The SMILES string of the molecule is Cc1cc(O)ccc1NC(=O)Nc1ccccc1Br. The second-order valence-electron chi connectivity index (χ2n) is 4.06. The van der Waals surface area contributed by atoms with Crippen molar-refractivity contribution in [1.29, 1.82) is 0 Å². The van der Waals surface area contributed by atoms with E-state index in [2.05, 4.69) is 26.6 Å². The molecule has 0 fully saturated rings. The average molecular weight is 321 g/mol. The smallest absolute Gasteiger partial charge is 0.323 e. The number of aromatic hydroxyl groups is 1. The molecule has 2 amide bonds. The maximum Gasteiger partial charge on any atom is 0.323 e. The van der Waals surface area contributed by atoms with Gasteiger partial charge in [-0.05, 0) is 58.7 Å². The molecule has 0 saturated carbocycles. The molecule has 3 N–H and O–H groups in total. The second kappa shape index (κ2) is 5.75. The first-order valence-electron chi connectivity index (χ1n) is 5.68. The van der Waals surface area contributed by atoms with E-state index >= 15 is 0 Å². The Balaban J connectivity index is 2.08. The fraction of sp³-hybridized carbons (Fsp3) is 0.0714. The van der Waals surface area contributed by atoms with Crippen LogP contribution in [0.15, 0.2) is 46.9 Å². The van der Waals surface area contributed by atoms with Crippen LogP contribution in [0.4, 0.5) is 16.2 Å². The van der Waals surface area contributed by atoms with Crippen molar-refractivity contribution in [2.45, 2.75) is 6.92 Å². The van der Waals surface area contributed by atoms with Gasteiger partial charge < -0.3 is 15.7 Å². The van der Waals surface area contributed by atoms with Crippen molar-refractivity contribution >= 4 is 33.3 Å². The number of hydrogen-bond acceptors (Lipinski definition) is 2. The number of hydrogen-bond donors (Lipinski definition) is 3. The van der Waals surface area contributed by atoms with Crippen LogP contribution >= 0.6 is 15.9 Å². The summed E-state index contributed by atoms with van der Waals surface area (Å²) in [6.45, 7) is 1.81. The molecular weight excluding hydrogens is 308 g/mol. The first kappa shape index (κ1) is 13.4. The van der Waals surface area contributed by atoms with Crippen LogP contribution in [-0.2, 0) is 0 Å². The zero-order valence-corrected chi connectivity index (χ0v) is 11.9. The Labute approximate surface area is 119 Å². The largest absolute Gasteiger partial charge is 0.508 e. The van der Waals surface area contributed by atoms with Gasteiger partial charge in [-0.25, -0.2) is 4.79 Å². The maximum atomic E-state index is 11.9. The fourth-order valence-electron chi connectivity index (χ4n) is 1.63. The van der Waals surface area contributed by atoms with Crippen LogP contribution in [0, 0.1) is 6.92 Å². The van der Waals surface area contributed by atoms with Crippen molar-refractivity contribution in [3.05, 3.63) is 52.5 Å². The highest BCUT2D eigenvalue weighted by atomic mass is 79.9. The lowest BCUT2D eigenvalue weighted by atomic mass is 10.2. The minimum atomic E-state index is -0.333. The molecular formula is C14H13BrN2O2. The van der Waals surface area contributed by atoms with Crippen LogP contribution in [0.25, 0.3) is 0 Å². The van der Waals surface area contributed by atoms with Gasteiger partial charge in [0, 0.05) is 10.2 Å². The molecule has 98 valence electrons. The highest BCUT2D eigenvalue weighted by Gasteiger charge is 2.07. The molecule has 4 nitrogen and oxygen atoms in total. The van der Waals surface area contributed by atoms with Gasteiger partial charge in [-0.15, -0.1) is 0 Å². The summed E-state index contributed by atoms with van der Waals surface area (Å²) in [4.78, 5) is 11.9. The number of nitrogens with one attached hydrogen (secondary N) is 2. The first-order chi connectivity index (χ1) is 9.06. The van der Waals surface area contributed by atoms with Crippen LogP contribution in [0.1, 0.15) is 5.56 Å². The monoisotopic (exact) mass is 320 g/mol. The molecule has 0 saturated heterocycles. The van der Waals surface area contributed by atoms with E-state index in [0.29, 0.717) is 11.4 Å². The summed E-state index contributed by atoms with van der Waals surface area (Å²) in [6, 6.07) is 11.8. The molecule has 0 bridgehead atoms. The third-order valence-corrected chi connectivity index (χ3v) is 3.27. The number of anilines is 2. The number of para-hydroxylation sites is 1. The van der Waals surface area contributed by atoms with E-state index in [1.54, 1.807) is 18.2 Å². The van der Waals surface area contributed by atoms with E-state index in [1.165, 1.54) is 6.07 Å². The Morgan fingerprint density at radius 1 is 1.11 bits per heavy atom. The molecule has 19 heavy (non-hydrogen) atoms. The third kappa shape index (κ3) is 3.48. The van der Waals surface area contributed by atoms with Crippen molar-refractivity contribution in [3.63, 3.8) is 0 Å². The first-order valence-corrected chi connectivity index (χ1v) is 6.48. The Kier molecular flexibility index (Phi) is 4.06. The fourth-order valence-corrected chi connectivity index (χ4v) is 2.01. The predicted molar refractivity (Wildman–Crippen MR) is 79.6 cm³/mol. The molecule has 0 atom stereocenters. The highest BCUT2D eigenvalue weighted by Crippen LogP contribution is 2.23. The second-order valence-corrected chi connectivity index (χ2v) is 4.91. The van der Waals surface area contributed by atoms with Gasteiger partial charge in [0.15, 0.2) is 0 Å². The molecule has 0 unspecified atom stereocenters. The summed E-state index contributed by atoms with van der Waals surface area (Å²) in [5.74, 6) is 0.175. The number of aryl methyl sites for hydroxylation is 1. The predicted octanol–water partition coefficient (Wildman–Crippen LogP) is 4.11. The Hall–Kier alpha value is -2.01. The molecule has 0 spiro atoms. The lowest BCUT2D eigenvalue weighted by molar-refractivity contribution is 0.262. The Bertz CT molecular complexity index is 614. The molecule has 0 aromatic heterocycles. The number of benzene rings is 2. The minimum Gasteiger partial charge on any atom is -0.508 e. The minimum absolute atomic E-state index is 0.175. The molecule has 2 rings (SSSR count). The van der Waals surface area contributed by atoms with E-state index in [0.717, 1.165) is 10.0 Å². The van der Waals surface area contributed by atoms with Crippen molar-refractivity contribution in [1.82, 2.24) is 0 Å². The number of carbonyl (C=O) groups excluding carboxylic acids is 1. The Morgan fingerprint density at radius 3 is 2.47 bits per heavy atom. The van der Waals surface area contributed by atoms with Crippen molar-refractivity contribution in [3.8, 4) is 5.75 Å². The van der Waals surface area contributed by atoms with E-state index < -0.39 is 0 Å². The third-order valence-electron chi connectivity index (χ3n) is 2.58. The van der Waals surface area contributed by atoms with E-state index in [-0.39, 0.29) is 11.8 Å². The molecule has 0 radical (unpaired) electrons. The molecule has 0 aliphatic rings. The molecule has 5 heteroatoms. The van der Waals surface area contributed by atoms with Crippen LogP contribution in [0.2, 0.25) is 0 Å². The zero-order valence-electron chi connectivity index (χ0n) is 10.3. The lowest BCUT2D eigenvalue weighted by Crippen LogP contribution is -2.20.